The number of nitrogens with zero attached hydrogens (tertiary/aromatic N) is 1. The summed E-state index contributed by atoms with van der Waals surface area (Å²) in [6.07, 6.45) is 4.91. The Labute approximate surface area is 127 Å². The summed E-state index contributed by atoms with van der Waals surface area (Å²) in [5.41, 5.74) is 1.36. The second-order valence-electron chi connectivity index (χ2n) is 7.17. The monoisotopic (exact) mass is 287 g/mol. The first-order valence-corrected chi connectivity index (χ1v) is 7.88. The number of carbonyl (C=O) groups is 1. The highest BCUT2D eigenvalue weighted by atomic mass is 16.5. The summed E-state index contributed by atoms with van der Waals surface area (Å²) >= 11 is 0. The van der Waals surface area contributed by atoms with Gasteiger partial charge in [0.2, 0.25) is 0 Å². The highest BCUT2D eigenvalue weighted by molar-refractivity contribution is 5.82. The van der Waals surface area contributed by atoms with Gasteiger partial charge < -0.3 is 4.74 Å². The van der Waals surface area contributed by atoms with Gasteiger partial charge in [0.25, 0.3) is 0 Å². The fourth-order valence-electron chi connectivity index (χ4n) is 4.35. The third kappa shape index (κ3) is 2.59. The van der Waals surface area contributed by atoms with Crippen LogP contribution in [0, 0.1) is 0 Å². The van der Waals surface area contributed by atoms with Crippen molar-refractivity contribution in [3.63, 3.8) is 0 Å². The van der Waals surface area contributed by atoms with Crippen LogP contribution in [0.4, 0.5) is 0 Å². The molecule has 2 aliphatic rings. The van der Waals surface area contributed by atoms with Crippen molar-refractivity contribution >= 4 is 5.78 Å². The van der Waals surface area contributed by atoms with Crippen LogP contribution >= 0.6 is 0 Å². The quantitative estimate of drug-likeness (QED) is 0.851. The lowest BCUT2D eigenvalue weighted by atomic mass is 9.68. The Hall–Kier alpha value is -1.35. The molecule has 2 bridgehead atoms. The average Bonchev–Trinajstić information content (AvgIpc) is 2.42. The van der Waals surface area contributed by atoms with E-state index in [1.165, 1.54) is 12.0 Å². The molecule has 3 heteroatoms. The standard InChI is InChI=1S/C18H25NO2/c1-17-9-4-10-18(2,12-15(20)11-17)19(17)13-14-5-7-16(21-3)8-6-14/h5-8H,4,9-13H2,1-3H3/t17-,18+. The molecule has 21 heavy (non-hydrogen) atoms. The van der Waals surface area contributed by atoms with E-state index in [0.29, 0.717) is 18.6 Å². The van der Waals surface area contributed by atoms with Crippen LogP contribution in [-0.4, -0.2) is 28.9 Å². The smallest absolute Gasteiger partial charge is 0.136 e. The van der Waals surface area contributed by atoms with Crippen molar-refractivity contribution in [3.8, 4) is 5.75 Å². The lowest BCUT2D eigenvalue weighted by Crippen LogP contribution is -2.65. The van der Waals surface area contributed by atoms with E-state index in [4.69, 9.17) is 4.74 Å². The molecule has 0 aromatic heterocycles. The summed E-state index contributed by atoms with van der Waals surface area (Å²) in [5.74, 6) is 1.33. The Balaban J connectivity index is 1.86. The minimum atomic E-state index is 0.0300. The van der Waals surface area contributed by atoms with Crippen molar-refractivity contribution < 1.29 is 9.53 Å². The Kier molecular flexibility index (Phi) is 3.56. The number of carbonyl (C=O) groups excluding carboxylic acids is 1. The first-order chi connectivity index (χ1) is 9.95. The van der Waals surface area contributed by atoms with Gasteiger partial charge in [0.05, 0.1) is 7.11 Å². The van der Waals surface area contributed by atoms with E-state index in [-0.39, 0.29) is 11.1 Å². The highest BCUT2D eigenvalue weighted by Gasteiger charge is 2.51. The first-order valence-electron chi connectivity index (χ1n) is 7.88. The number of ketones is 1. The molecule has 0 amide bonds. The minimum Gasteiger partial charge on any atom is -0.497 e. The Morgan fingerprint density at radius 1 is 1.10 bits per heavy atom. The van der Waals surface area contributed by atoms with Gasteiger partial charge in [-0.25, -0.2) is 0 Å². The van der Waals surface area contributed by atoms with Crippen LogP contribution in [-0.2, 0) is 11.3 Å². The maximum Gasteiger partial charge on any atom is 0.136 e. The van der Waals surface area contributed by atoms with E-state index in [1.54, 1.807) is 7.11 Å². The second-order valence-corrected chi connectivity index (χ2v) is 7.17. The van der Waals surface area contributed by atoms with Crippen molar-refractivity contribution in [1.82, 2.24) is 4.90 Å². The summed E-state index contributed by atoms with van der Waals surface area (Å²) < 4.78 is 5.23. The fraction of sp³-hybridized carbons (Fsp3) is 0.611. The Bertz CT molecular complexity index is 517. The van der Waals surface area contributed by atoms with Crippen LogP contribution in [0.5, 0.6) is 5.75 Å². The molecule has 0 unspecified atom stereocenters. The molecule has 0 radical (unpaired) electrons. The van der Waals surface area contributed by atoms with Gasteiger partial charge in [0.1, 0.15) is 11.5 Å². The largest absolute Gasteiger partial charge is 0.497 e. The summed E-state index contributed by atoms with van der Waals surface area (Å²) in [4.78, 5) is 14.7. The predicted molar refractivity (Wildman–Crippen MR) is 83.4 cm³/mol. The molecular formula is C18H25NO2. The van der Waals surface area contributed by atoms with E-state index in [2.05, 4.69) is 30.9 Å². The number of fused-ring (bicyclic) bond motifs is 2. The number of piperidine rings is 2. The molecule has 114 valence electrons. The zero-order valence-electron chi connectivity index (χ0n) is 13.3. The molecule has 3 rings (SSSR count). The molecule has 3 nitrogen and oxygen atoms in total. The first kappa shape index (κ1) is 14.6. The lowest BCUT2D eigenvalue weighted by Gasteiger charge is -2.58. The number of benzene rings is 1. The number of ether oxygens (including phenoxy) is 1. The number of methoxy groups -OCH3 is 1. The minimum absolute atomic E-state index is 0.0300. The number of hydrogen-bond acceptors (Lipinski definition) is 3. The van der Waals surface area contributed by atoms with Gasteiger partial charge in [-0.1, -0.05) is 12.1 Å². The Morgan fingerprint density at radius 3 is 2.19 bits per heavy atom. The van der Waals surface area contributed by atoms with E-state index in [0.717, 1.165) is 25.1 Å². The zero-order chi connectivity index (χ0) is 15.1. The van der Waals surface area contributed by atoms with Gasteiger partial charge in [-0.05, 0) is 50.8 Å². The van der Waals surface area contributed by atoms with Gasteiger partial charge in [0.15, 0.2) is 0 Å². The van der Waals surface area contributed by atoms with Crippen LogP contribution in [0.15, 0.2) is 24.3 Å². The normalized spacial score (nSPS) is 33.0. The summed E-state index contributed by atoms with van der Waals surface area (Å²) in [6.45, 7) is 5.46. The van der Waals surface area contributed by atoms with Crippen molar-refractivity contribution in [2.24, 2.45) is 0 Å². The van der Waals surface area contributed by atoms with Crippen LogP contribution in [0.3, 0.4) is 0 Å². The van der Waals surface area contributed by atoms with Gasteiger partial charge in [-0.3, -0.25) is 9.69 Å². The Morgan fingerprint density at radius 2 is 1.67 bits per heavy atom. The third-order valence-electron chi connectivity index (χ3n) is 5.39. The second kappa shape index (κ2) is 5.13. The fourth-order valence-corrected chi connectivity index (χ4v) is 4.35. The molecule has 2 atom stereocenters. The van der Waals surface area contributed by atoms with E-state index in [9.17, 15) is 4.79 Å². The summed E-state index contributed by atoms with van der Waals surface area (Å²) in [5, 5.41) is 0. The predicted octanol–water partition coefficient (Wildman–Crippen LogP) is 3.56. The summed E-state index contributed by atoms with van der Waals surface area (Å²) in [7, 11) is 1.69. The van der Waals surface area contributed by atoms with Crippen LogP contribution < -0.4 is 4.74 Å². The molecule has 2 aliphatic heterocycles. The molecular weight excluding hydrogens is 262 g/mol. The molecule has 2 heterocycles. The van der Waals surface area contributed by atoms with E-state index < -0.39 is 0 Å². The van der Waals surface area contributed by atoms with Gasteiger partial charge in [-0.2, -0.15) is 0 Å². The van der Waals surface area contributed by atoms with Crippen LogP contribution in [0.25, 0.3) is 0 Å². The van der Waals surface area contributed by atoms with Crippen molar-refractivity contribution in [1.29, 1.82) is 0 Å². The van der Waals surface area contributed by atoms with E-state index in [1.807, 2.05) is 12.1 Å². The number of rotatable bonds is 3. The average molecular weight is 287 g/mol. The molecule has 0 N–H and O–H groups in total. The van der Waals surface area contributed by atoms with Crippen LogP contribution in [0.2, 0.25) is 0 Å². The molecule has 2 saturated heterocycles. The van der Waals surface area contributed by atoms with Gasteiger partial charge >= 0.3 is 0 Å². The zero-order valence-corrected chi connectivity index (χ0v) is 13.3. The molecule has 0 saturated carbocycles. The highest BCUT2D eigenvalue weighted by Crippen LogP contribution is 2.47. The molecule has 2 fully saturated rings. The third-order valence-corrected chi connectivity index (χ3v) is 5.39. The van der Waals surface area contributed by atoms with Crippen LogP contribution in [0.1, 0.15) is 51.5 Å². The van der Waals surface area contributed by atoms with E-state index >= 15 is 0 Å². The number of hydrogen-bond donors (Lipinski definition) is 0. The molecule has 1 aromatic carbocycles. The summed E-state index contributed by atoms with van der Waals surface area (Å²) in [6, 6.07) is 8.31. The number of Topliss-reactive ketones (excluding diaryl/α,β-unsaturated/α-hetero) is 1. The lowest BCUT2D eigenvalue weighted by molar-refractivity contribution is -0.144. The van der Waals surface area contributed by atoms with Gasteiger partial charge in [0, 0.05) is 30.5 Å². The molecule has 0 aliphatic carbocycles. The SMILES string of the molecule is COc1ccc(CN2[C@@]3(C)CCC[C@]2(C)CC(=O)C3)cc1. The van der Waals surface area contributed by atoms with Crippen molar-refractivity contribution in [2.45, 2.75) is 63.6 Å². The van der Waals surface area contributed by atoms with Crippen molar-refractivity contribution in [3.05, 3.63) is 29.8 Å². The maximum atomic E-state index is 12.1. The topological polar surface area (TPSA) is 29.5 Å². The molecule has 0 spiro atoms. The molecule has 1 aromatic rings. The van der Waals surface area contributed by atoms with Crippen molar-refractivity contribution in [2.75, 3.05) is 7.11 Å². The van der Waals surface area contributed by atoms with Gasteiger partial charge in [-0.15, -0.1) is 0 Å². The maximum absolute atomic E-state index is 12.1.